The minimum atomic E-state index is -0.675. The highest BCUT2D eigenvalue weighted by atomic mass is 16.5. The SMILES string of the molecule is CCCOc1cccc(/C(O)=C2/C(=O)C(=O)N(CC3CCCO3)C2c2ccc(C(C)C)cc2)c1. The van der Waals surface area contributed by atoms with Crippen LogP contribution >= 0.6 is 0 Å². The van der Waals surface area contributed by atoms with Crippen LogP contribution in [0, 0.1) is 0 Å². The monoisotopic (exact) mass is 463 g/mol. The van der Waals surface area contributed by atoms with Crippen LogP contribution in [0.1, 0.15) is 68.7 Å². The van der Waals surface area contributed by atoms with Crippen LogP contribution in [0.25, 0.3) is 5.76 Å². The van der Waals surface area contributed by atoms with Gasteiger partial charge in [0.2, 0.25) is 0 Å². The highest BCUT2D eigenvalue weighted by Gasteiger charge is 2.47. The highest BCUT2D eigenvalue weighted by Crippen LogP contribution is 2.40. The third-order valence-corrected chi connectivity index (χ3v) is 6.46. The van der Waals surface area contributed by atoms with Crippen LogP contribution in [0.5, 0.6) is 5.75 Å². The quantitative estimate of drug-likeness (QED) is 0.331. The number of rotatable bonds is 8. The van der Waals surface area contributed by atoms with Crippen molar-refractivity contribution < 1.29 is 24.2 Å². The largest absolute Gasteiger partial charge is 0.507 e. The lowest BCUT2D eigenvalue weighted by atomic mass is 9.93. The van der Waals surface area contributed by atoms with E-state index in [0.717, 1.165) is 24.8 Å². The Balaban J connectivity index is 1.78. The molecule has 0 aliphatic carbocycles. The van der Waals surface area contributed by atoms with Gasteiger partial charge in [-0.1, -0.05) is 57.2 Å². The number of ketones is 1. The topological polar surface area (TPSA) is 76.1 Å². The predicted octanol–water partition coefficient (Wildman–Crippen LogP) is 5.20. The average Bonchev–Trinajstić information content (AvgIpc) is 3.45. The molecule has 1 amide bonds. The number of benzene rings is 2. The average molecular weight is 464 g/mol. The summed E-state index contributed by atoms with van der Waals surface area (Å²) >= 11 is 0. The van der Waals surface area contributed by atoms with Crippen LogP contribution in [0.4, 0.5) is 0 Å². The maximum atomic E-state index is 13.2. The molecule has 1 N–H and O–H groups in total. The van der Waals surface area contributed by atoms with E-state index in [1.54, 1.807) is 23.1 Å². The number of hydrogen-bond donors (Lipinski definition) is 1. The summed E-state index contributed by atoms with van der Waals surface area (Å²) in [5.74, 6) is -0.495. The second-order valence-corrected chi connectivity index (χ2v) is 9.28. The van der Waals surface area contributed by atoms with Gasteiger partial charge in [0.1, 0.15) is 11.5 Å². The molecule has 4 rings (SSSR count). The van der Waals surface area contributed by atoms with E-state index in [0.29, 0.717) is 37.0 Å². The third kappa shape index (κ3) is 4.87. The fraction of sp³-hybridized carbons (Fsp3) is 0.429. The second-order valence-electron chi connectivity index (χ2n) is 9.28. The second kappa shape index (κ2) is 10.4. The number of amides is 1. The van der Waals surface area contributed by atoms with E-state index in [2.05, 4.69) is 13.8 Å². The lowest BCUT2D eigenvalue weighted by Crippen LogP contribution is -2.36. The molecule has 2 heterocycles. The van der Waals surface area contributed by atoms with Crippen molar-refractivity contribution in [3.63, 3.8) is 0 Å². The van der Waals surface area contributed by atoms with Crippen molar-refractivity contribution in [2.75, 3.05) is 19.8 Å². The van der Waals surface area contributed by atoms with E-state index in [1.807, 2.05) is 37.3 Å². The number of carbonyl (C=O) groups excluding carboxylic acids is 2. The van der Waals surface area contributed by atoms with Crippen molar-refractivity contribution in [2.45, 2.75) is 58.1 Å². The van der Waals surface area contributed by atoms with Crippen LogP contribution in [0.2, 0.25) is 0 Å². The molecule has 0 bridgehead atoms. The number of hydrogen-bond acceptors (Lipinski definition) is 5. The number of aliphatic hydroxyl groups is 1. The van der Waals surface area contributed by atoms with Gasteiger partial charge in [0.25, 0.3) is 11.7 Å². The summed E-state index contributed by atoms with van der Waals surface area (Å²) in [6.07, 6.45) is 2.53. The summed E-state index contributed by atoms with van der Waals surface area (Å²) in [6.45, 7) is 7.78. The fourth-order valence-corrected chi connectivity index (χ4v) is 4.59. The van der Waals surface area contributed by atoms with Crippen LogP contribution in [0.3, 0.4) is 0 Å². The summed E-state index contributed by atoms with van der Waals surface area (Å²) < 4.78 is 11.5. The van der Waals surface area contributed by atoms with Gasteiger partial charge in [-0.05, 0) is 48.4 Å². The molecule has 2 fully saturated rings. The van der Waals surface area contributed by atoms with Crippen molar-refractivity contribution in [2.24, 2.45) is 0 Å². The van der Waals surface area contributed by atoms with Gasteiger partial charge >= 0.3 is 0 Å². The van der Waals surface area contributed by atoms with Crippen molar-refractivity contribution in [3.8, 4) is 5.75 Å². The van der Waals surface area contributed by atoms with Crippen molar-refractivity contribution in [1.29, 1.82) is 0 Å². The van der Waals surface area contributed by atoms with Gasteiger partial charge in [-0.2, -0.15) is 0 Å². The first-order valence-electron chi connectivity index (χ1n) is 12.1. The van der Waals surface area contributed by atoms with Crippen LogP contribution in [-0.2, 0) is 14.3 Å². The predicted molar refractivity (Wildman–Crippen MR) is 131 cm³/mol. The number of Topliss-reactive ketones (excluding diaryl/α,β-unsaturated/α-hetero) is 1. The van der Waals surface area contributed by atoms with E-state index in [9.17, 15) is 14.7 Å². The molecule has 6 nitrogen and oxygen atoms in total. The Kier molecular flexibility index (Phi) is 7.37. The summed E-state index contributed by atoms with van der Waals surface area (Å²) in [4.78, 5) is 28.0. The molecular formula is C28H33NO5. The molecule has 180 valence electrons. The normalized spacial score (nSPS) is 22.1. The first kappa shape index (κ1) is 24.0. The van der Waals surface area contributed by atoms with Crippen LogP contribution in [0.15, 0.2) is 54.1 Å². The van der Waals surface area contributed by atoms with Gasteiger partial charge in [-0.15, -0.1) is 0 Å². The maximum Gasteiger partial charge on any atom is 0.295 e. The van der Waals surface area contributed by atoms with E-state index < -0.39 is 17.7 Å². The van der Waals surface area contributed by atoms with Crippen molar-refractivity contribution in [1.82, 2.24) is 4.90 Å². The summed E-state index contributed by atoms with van der Waals surface area (Å²) in [7, 11) is 0. The molecule has 0 aromatic heterocycles. The maximum absolute atomic E-state index is 13.2. The number of likely N-dealkylation sites (tertiary alicyclic amines) is 1. The Hall–Kier alpha value is -3.12. The molecular weight excluding hydrogens is 430 g/mol. The first-order valence-corrected chi connectivity index (χ1v) is 12.1. The van der Waals surface area contributed by atoms with Crippen LogP contribution < -0.4 is 4.74 Å². The molecule has 2 aliphatic heterocycles. The number of carbonyl (C=O) groups is 2. The first-order chi connectivity index (χ1) is 16.4. The fourth-order valence-electron chi connectivity index (χ4n) is 4.59. The Morgan fingerprint density at radius 2 is 1.94 bits per heavy atom. The lowest BCUT2D eigenvalue weighted by Gasteiger charge is -2.27. The molecule has 2 aromatic carbocycles. The minimum Gasteiger partial charge on any atom is -0.507 e. The molecule has 0 spiro atoms. The molecule has 2 aliphatic rings. The van der Waals surface area contributed by atoms with E-state index >= 15 is 0 Å². The molecule has 2 saturated heterocycles. The Bertz CT molecular complexity index is 1070. The summed E-state index contributed by atoms with van der Waals surface area (Å²) in [6, 6.07) is 14.3. The van der Waals surface area contributed by atoms with Gasteiger partial charge in [-0.3, -0.25) is 9.59 Å². The third-order valence-electron chi connectivity index (χ3n) is 6.46. The zero-order valence-corrected chi connectivity index (χ0v) is 20.1. The molecule has 2 unspecified atom stereocenters. The zero-order chi connectivity index (χ0) is 24.2. The Labute approximate surface area is 201 Å². The molecule has 0 saturated carbocycles. The van der Waals surface area contributed by atoms with E-state index in [-0.39, 0.29) is 17.4 Å². The highest BCUT2D eigenvalue weighted by molar-refractivity contribution is 6.46. The molecule has 34 heavy (non-hydrogen) atoms. The smallest absolute Gasteiger partial charge is 0.295 e. The molecule has 6 heteroatoms. The van der Waals surface area contributed by atoms with E-state index in [1.165, 1.54) is 5.56 Å². The van der Waals surface area contributed by atoms with E-state index in [4.69, 9.17) is 9.47 Å². The summed E-state index contributed by atoms with van der Waals surface area (Å²) in [5, 5.41) is 11.3. The Morgan fingerprint density at radius 3 is 2.59 bits per heavy atom. The summed E-state index contributed by atoms with van der Waals surface area (Å²) in [5.41, 5.74) is 2.52. The lowest BCUT2D eigenvalue weighted by molar-refractivity contribution is -0.140. The number of ether oxygens (including phenoxy) is 2. The number of nitrogens with zero attached hydrogens (tertiary/aromatic N) is 1. The van der Waals surface area contributed by atoms with Gasteiger partial charge in [0, 0.05) is 18.7 Å². The van der Waals surface area contributed by atoms with Crippen molar-refractivity contribution >= 4 is 17.4 Å². The van der Waals surface area contributed by atoms with Crippen molar-refractivity contribution in [3.05, 3.63) is 70.8 Å². The molecule has 2 aromatic rings. The van der Waals surface area contributed by atoms with Gasteiger partial charge in [-0.25, -0.2) is 0 Å². The number of aliphatic hydroxyl groups excluding tert-OH is 1. The van der Waals surface area contributed by atoms with Gasteiger partial charge in [0.05, 0.1) is 24.3 Å². The molecule has 2 atom stereocenters. The minimum absolute atomic E-state index is 0.105. The van der Waals surface area contributed by atoms with Gasteiger partial charge < -0.3 is 19.5 Å². The standard InChI is InChI=1S/C28H33NO5/c1-4-14-33-22-8-5-7-21(16-22)26(30)24-25(20-12-10-19(11-13-20)18(2)3)29(28(32)27(24)31)17-23-9-6-15-34-23/h5,7-8,10-13,16,18,23,25,30H,4,6,9,14-15,17H2,1-3H3/b26-24-. The zero-order valence-electron chi connectivity index (χ0n) is 20.1. The van der Waals surface area contributed by atoms with Crippen LogP contribution in [-0.4, -0.2) is 47.6 Å². The Morgan fingerprint density at radius 1 is 1.18 bits per heavy atom. The molecule has 0 radical (unpaired) electrons. The van der Waals surface area contributed by atoms with Gasteiger partial charge in [0.15, 0.2) is 0 Å².